The highest BCUT2D eigenvalue weighted by Crippen LogP contribution is 2.38. The minimum Gasteiger partial charge on any atom is -0.392 e. The van der Waals surface area contributed by atoms with Gasteiger partial charge in [-0.05, 0) is 56.1 Å². The van der Waals surface area contributed by atoms with E-state index in [2.05, 4.69) is 41.5 Å². The third kappa shape index (κ3) is 13.3. The van der Waals surface area contributed by atoms with E-state index in [1.165, 1.54) is 77.0 Å². The largest absolute Gasteiger partial charge is 0.392 e. The molecule has 3 N–H and O–H groups in total. The lowest BCUT2D eigenvalue weighted by Crippen LogP contribution is -2.40. The number of benzene rings is 2. The molecule has 7 heteroatoms. The van der Waals surface area contributed by atoms with Crippen molar-refractivity contribution >= 4 is 11.7 Å². The minimum absolute atomic E-state index is 0.0304. The number of aliphatic hydroxyl groups excluding tert-OH is 1. The van der Waals surface area contributed by atoms with Crippen LogP contribution in [0.25, 0.3) is 0 Å². The third-order valence-corrected chi connectivity index (χ3v) is 8.51. The highest BCUT2D eigenvalue weighted by Gasteiger charge is 2.33. The zero-order valence-electron chi connectivity index (χ0n) is 27.7. The average molecular weight is 610 g/mol. The monoisotopic (exact) mass is 609 g/mol. The number of hydrogen-bond donors (Lipinski definition) is 3. The van der Waals surface area contributed by atoms with Crippen molar-refractivity contribution in [2.24, 2.45) is 0 Å². The third-order valence-electron chi connectivity index (χ3n) is 8.51. The van der Waals surface area contributed by atoms with Crippen molar-refractivity contribution in [1.82, 2.24) is 10.2 Å². The van der Waals surface area contributed by atoms with Crippen LogP contribution in [0, 0.1) is 0 Å². The molecule has 2 amide bonds. The maximum atomic E-state index is 12.0. The van der Waals surface area contributed by atoms with Gasteiger partial charge in [-0.15, -0.1) is 0 Å². The van der Waals surface area contributed by atoms with Gasteiger partial charge < -0.3 is 30.1 Å². The predicted octanol–water partition coefficient (Wildman–Crippen LogP) is 8.89. The summed E-state index contributed by atoms with van der Waals surface area (Å²) in [5.41, 5.74) is 3.67. The first kappa shape index (κ1) is 36.0. The highest BCUT2D eigenvalue weighted by molar-refractivity contribution is 5.89. The molecule has 0 bridgehead atoms. The first-order valence-electron chi connectivity index (χ1n) is 17.4. The van der Waals surface area contributed by atoms with Crippen molar-refractivity contribution in [2.45, 2.75) is 129 Å². The Balaban J connectivity index is 1.71. The first-order valence-corrected chi connectivity index (χ1v) is 17.4. The summed E-state index contributed by atoms with van der Waals surface area (Å²) in [4.78, 5) is 14.6. The second-order valence-electron chi connectivity index (χ2n) is 12.3. The summed E-state index contributed by atoms with van der Waals surface area (Å²) in [6.07, 6.45) is 15.8. The van der Waals surface area contributed by atoms with Gasteiger partial charge in [0.2, 0.25) is 0 Å². The fraction of sp³-hybridized carbons (Fsp3) is 0.649. The van der Waals surface area contributed by atoms with Gasteiger partial charge in [-0.2, -0.15) is 0 Å². The van der Waals surface area contributed by atoms with Crippen LogP contribution in [-0.2, 0) is 16.1 Å². The lowest BCUT2D eigenvalue weighted by Gasteiger charge is -2.38. The molecule has 0 aromatic heterocycles. The van der Waals surface area contributed by atoms with E-state index in [1.807, 2.05) is 43.3 Å². The fourth-order valence-electron chi connectivity index (χ4n) is 5.91. The Morgan fingerprint density at radius 3 is 1.91 bits per heavy atom. The molecule has 3 rings (SSSR count). The molecule has 2 aromatic carbocycles. The van der Waals surface area contributed by atoms with E-state index in [9.17, 15) is 9.90 Å². The Hall–Kier alpha value is -2.45. The Morgan fingerprint density at radius 2 is 1.34 bits per heavy atom. The molecule has 0 radical (unpaired) electrons. The highest BCUT2D eigenvalue weighted by atomic mass is 16.7. The molecule has 1 heterocycles. The second kappa shape index (κ2) is 21.3. The molecule has 7 nitrogen and oxygen atoms in total. The van der Waals surface area contributed by atoms with Crippen molar-refractivity contribution in [3.63, 3.8) is 0 Å². The van der Waals surface area contributed by atoms with Gasteiger partial charge in [-0.1, -0.05) is 114 Å². The molecule has 3 atom stereocenters. The molecule has 0 spiro atoms. The molecule has 246 valence electrons. The van der Waals surface area contributed by atoms with Gasteiger partial charge in [-0.25, -0.2) is 4.79 Å². The number of amides is 2. The van der Waals surface area contributed by atoms with Gasteiger partial charge >= 0.3 is 6.03 Å². The number of nitrogens with one attached hydrogen (secondary N) is 2. The maximum Gasteiger partial charge on any atom is 0.319 e. The Labute approximate surface area is 267 Å². The summed E-state index contributed by atoms with van der Waals surface area (Å²) in [6, 6.07) is 15.6. The zero-order chi connectivity index (χ0) is 31.4. The lowest BCUT2D eigenvalue weighted by molar-refractivity contribution is -0.253. The number of carbonyl (C=O) groups excluding carboxylic acids is 1. The predicted molar refractivity (Wildman–Crippen MR) is 181 cm³/mol. The lowest BCUT2D eigenvalue weighted by atomic mass is 9.99. The summed E-state index contributed by atoms with van der Waals surface area (Å²) in [5, 5.41) is 15.2. The van der Waals surface area contributed by atoms with Crippen molar-refractivity contribution in [3.05, 3.63) is 65.2 Å². The van der Waals surface area contributed by atoms with Crippen LogP contribution in [0.3, 0.4) is 0 Å². The molecule has 0 unspecified atom stereocenters. The van der Waals surface area contributed by atoms with Gasteiger partial charge in [0.05, 0.1) is 18.8 Å². The quantitative estimate of drug-likeness (QED) is 0.123. The van der Waals surface area contributed by atoms with Crippen LogP contribution in [0.4, 0.5) is 10.5 Å². The van der Waals surface area contributed by atoms with Gasteiger partial charge in [0.1, 0.15) is 0 Å². The molecular formula is C37H59N3O4. The summed E-state index contributed by atoms with van der Waals surface area (Å²) in [6.45, 7) is 10.2. The molecule has 1 saturated heterocycles. The number of rotatable bonds is 21. The van der Waals surface area contributed by atoms with E-state index in [0.717, 1.165) is 48.4 Å². The summed E-state index contributed by atoms with van der Waals surface area (Å²) in [5.74, 6) is 0. The molecule has 0 saturated carbocycles. The molecule has 1 aliphatic heterocycles. The van der Waals surface area contributed by atoms with E-state index in [-0.39, 0.29) is 24.8 Å². The molecule has 44 heavy (non-hydrogen) atoms. The van der Waals surface area contributed by atoms with Gasteiger partial charge in [-0.3, -0.25) is 0 Å². The SMILES string of the molecule is CCCCCCCCN(CCCCCCCC)C[C@H]1C[C@@H](c2ccc(CO)cc2)O[C@@H](c2ccc(NC(=O)NCC)cc2)O1. The van der Waals surface area contributed by atoms with Crippen LogP contribution in [0.1, 0.15) is 133 Å². The standard InChI is InChI=1S/C37H59N3O4/c1-4-7-9-11-13-15-25-40(26-16-14-12-10-8-5-2)28-34-27-35(31-19-17-30(29-41)18-20-31)44-36(43-34)32-21-23-33(24-22-32)39-37(42)38-6-3/h17-24,34-36,41H,4-16,25-29H2,1-3H3,(H2,38,39,42)/t34-,35+,36+/m1/s1. The smallest absolute Gasteiger partial charge is 0.319 e. The number of ether oxygens (including phenoxy) is 2. The number of urea groups is 1. The van der Waals surface area contributed by atoms with Crippen LogP contribution in [-0.4, -0.2) is 48.3 Å². The van der Waals surface area contributed by atoms with E-state index in [0.29, 0.717) is 6.54 Å². The Bertz CT molecular complexity index is 1010. The number of nitrogens with zero attached hydrogens (tertiary/aromatic N) is 1. The normalized spacial score (nSPS) is 18.4. The topological polar surface area (TPSA) is 83.1 Å². The number of hydrogen-bond acceptors (Lipinski definition) is 5. The Kier molecular flexibility index (Phi) is 17.5. The van der Waals surface area contributed by atoms with Crippen molar-refractivity contribution < 1.29 is 19.4 Å². The Morgan fingerprint density at radius 1 is 0.773 bits per heavy atom. The maximum absolute atomic E-state index is 12.0. The number of carbonyl (C=O) groups is 1. The molecule has 0 aliphatic carbocycles. The van der Waals surface area contributed by atoms with Crippen molar-refractivity contribution in [3.8, 4) is 0 Å². The molecule has 1 fully saturated rings. The van der Waals surface area contributed by atoms with Crippen LogP contribution in [0.5, 0.6) is 0 Å². The summed E-state index contributed by atoms with van der Waals surface area (Å²) < 4.78 is 13.2. The number of anilines is 1. The summed E-state index contributed by atoms with van der Waals surface area (Å²) in [7, 11) is 0. The zero-order valence-corrected chi connectivity index (χ0v) is 27.7. The van der Waals surface area contributed by atoms with Gasteiger partial charge in [0.15, 0.2) is 6.29 Å². The fourth-order valence-corrected chi connectivity index (χ4v) is 5.91. The first-order chi connectivity index (χ1) is 21.6. The van der Waals surface area contributed by atoms with Crippen LogP contribution in [0.2, 0.25) is 0 Å². The average Bonchev–Trinajstić information content (AvgIpc) is 3.04. The van der Waals surface area contributed by atoms with E-state index >= 15 is 0 Å². The van der Waals surface area contributed by atoms with Crippen LogP contribution >= 0.6 is 0 Å². The van der Waals surface area contributed by atoms with E-state index in [4.69, 9.17) is 9.47 Å². The molecule has 1 aliphatic rings. The van der Waals surface area contributed by atoms with E-state index in [1.54, 1.807) is 0 Å². The second-order valence-corrected chi connectivity index (χ2v) is 12.3. The van der Waals surface area contributed by atoms with Crippen molar-refractivity contribution in [1.29, 1.82) is 0 Å². The minimum atomic E-state index is -0.500. The molecular weight excluding hydrogens is 550 g/mol. The molecule has 2 aromatic rings. The number of aliphatic hydroxyl groups is 1. The van der Waals surface area contributed by atoms with Gasteiger partial charge in [0.25, 0.3) is 0 Å². The number of unbranched alkanes of at least 4 members (excludes halogenated alkanes) is 10. The van der Waals surface area contributed by atoms with Gasteiger partial charge in [0, 0.05) is 30.8 Å². The van der Waals surface area contributed by atoms with E-state index < -0.39 is 6.29 Å². The van der Waals surface area contributed by atoms with Crippen LogP contribution in [0.15, 0.2) is 48.5 Å². The van der Waals surface area contributed by atoms with Crippen molar-refractivity contribution in [2.75, 3.05) is 31.5 Å². The summed E-state index contributed by atoms with van der Waals surface area (Å²) >= 11 is 0. The van der Waals surface area contributed by atoms with Crippen LogP contribution < -0.4 is 10.6 Å².